The van der Waals surface area contributed by atoms with Crippen LogP contribution in [0.4, 0.5) is 4.39 Å². The summed E-state index contributed by atoms with van der Waals surface area (Å²) in [5, 5.41) is 15.1. The Hall–Kier alpha value is -2.76. The molecule has 1 aromatic heterocycles. The number of carbonyl (C=O) groups excluding carboxylic acids is 2. The summed E-state index contributed by atoms with van der Waals surface area (Å²) >= 11 is 1.42. The Labute approximate surface area is 179 Å². The highest BCUT2D eigenvalue weighted by Crippen LogP contribution is 2.27. The van der Waals surface area contributed by atoms with E-state index in [1.54, 1.807) is 6.07 Å². The van der Waals surface area contributed by atoms with Crippen molar-refractivity contribution in [3.05, 3.63) is 47.3 Å². The van der Waals surface area contributed by atoms with Gasteiger partial charge in [0.2, 0.25) is 5.91 Å². The lowest BCUT2D eigenvalue weighted by atomic mass is 10.1. The molecule has 2 atom stereocenters. The Balaban J connectivity index is 1.50. The van der Waals surface area contributed by atoms with Crippen LogP contribution >= 0.6 is 11.3 Å². The van der Waals surface area contributed by atoms with Crippen molar-refractivity contribution in [2.24, 2.45) is 0 Å². The maximum Gasteiger partial charge on any atom is 0.261 e. The summed E-state index contributed by atoms with van der Waals surface area (Å²) in [5.74, 6) is -0.486. The van der Waals surface area contributed by atoms with E-state index in [-0.39, 0.29) is 31.3 Å². The largest absolute Gasteiger partial charge is 0.350 e. The molecule has 2 heterocycles. The van der Waals surface area contributed by atoms with Gasteiger partial charge in [-0.1, -0.05) is 30.3 Å². The summed E-state index contributed by atoms with van der Waals surface area (Å²) in [7, 11) is 0. The molecule has 0 spiro atoms. The standard InChI is InChI=1S/C22H25FN4O2S/c1-22(2,26-12-20(28)27-13-16(23)10-17(27)11-24)14-25-21(29)19-9-8-18(30-19)15-6-4-3-5-7-15/h3-9,16-17,26H,10,12-14H2,1-2H3,(H,25,29). The molecule has 1 saturated heterocycles. The van der Waals surface area contributed by atoms with Crippen LogP contribution in [0, 0.1) is 11.3 Å². The van der Waals surface area contributed by atoms with Gasteiger partial charge >= 0.3 is 0 Å². The molecule has 2 amide bonds. The van der Waals surface area contributed by atoms with Gasteiger partial charge in [-0.3, -0.25) is 9.59 Å². The number of carbonyl (C=O) groups is 2. The molecule has 158 valence electrons. The van der Waals surface area contributed by atoms with Gasteiger partial charge in [-0.25, -0.2) is 4.39 Å². The van der Waals surface area contributed by atoms with Crippen LogP contribution in [0.15, 0.2) is 42.5 Å². The normalized spacial score (nSPS) is 18.8. The molecule has 6 nitrogen and oxygen atoms in total. The number of nitrogens with zero attached hydrogens (tertiary/aromatic N) is 2. The SMILES string of the molecule is CC(C)(CNC(=O)c1ccc(-c2ccccc2)s1)NCC(=O)N1CC(F)CC1C#N. The van der Waals surface area contributed by atoms with E-state index in [1.807, 2.05) is 56.3 Å². The molecule has 2 unspecified atom stereocenters. The second-order valence-corrected chi connectivity index (χ2v) is 9.06. The van der Waals surface area contributed by atoms with Gasteiger partial charge in [0.15, 0.2) is 0 Å². The zero-order chi connectivity index (χ0) is 21.7. The number of alkyl halides is 1. The molecule has 30 heavy (non-hydrogen) atoms. The average Bonchev–Trinajstić information content (AvgIpc) is 3.38. The van der Waals surface area contributed by atoms with Gasteiger partial charge < -0.3 is 15.5 Å². The molecule has 1 aromatic carbocycles. The van der Waals surface area contributed by atoms with E-state index in [4.69, 9.17) is 5.26 Å². The summed E-state index contributed by atoms with van der Waals surface area (Å²) in [6.07, 6.45) is -1.09. The van der Waals surface area contributed by atoms with E-state index in [0.29, 0.717) is 11.4 Å². The molecule has 1 aliphatic rings. The zero-order valence-corrected chi connectivity index (χ0v) is 17.8. The third kappa shape index (κ3) is 5.43. The monoisotopic (exact) mass is 428 g/mol. The van der Waals surface area contributed by atoms with Crippen molar-refractivity contribution in [3.8, 4) is 16.5 Å². The molecular formula is C22H25FN4O2S. The van der Waals surface area contributed by atoms with Crippen LogP contribution in [-0.4, -0.2) is 54.1 Å². The fourth-order valence-corrected chi connectivity index (χ4v) is 4.20. The first-order valence-corrected chi connectivity index (χ1v) is 10.6. The number of hydrogen-bond acceptors (Lipinski definition) is 5. The topological polar surface area (TPSA) is 85.2 Å². The number of thiophene rings is 1. The van der Waals surface area contributed by atoms with E-state index >= 15 is 0 Å². The van der Waals surface area contributed by atoms with Gasteiger partial charge in [-0.05, 0) is 31.5 Å². The predicted octanol–water partition coefficient (Wildman–Crippen LogP) is 2.98. The van der Waals surface area contributed by atoms with Crippen LogP contribution < -0.4 is 10.6 Å². The summed E-state index contributed by atoms with van der Waals surface area (Å²) in [5.41, 5.74) is 0.511. The highest BCUT2D eigenvalue weighted by Gasteiger charge is 2.35. The second-order valence-electron chi connectivity index (χ2n) is 7.97. The lowest BCUT2D eigenvalue weighted by Gasteiger charge is -2.28. The van der Waals surface area contributed by atoms with E-state index in [1.165, 1.54) is 16.2 Å². The van der Waals surface area contributed by atoms with Gasteiger partial charge in [0.1, 0.15) is 12.2 Å². The van der Waals surface area contributed by atoms with Gasteiger partial charge in [0, 0.05) is 23.4 Å². The summed E-state index contributed by atoms with van der Waals surface area (Å²) in [4.78, 5) is 27.8. The Morgan fingerprint density at radius 1 is 1.27 bits per heavy atom. The van der Waals surface area contributed by atoms with E-state index in [9.17, 15) is 14.0 Å². The third-order valence-electron chi connectivity index (χ3n) is 5.02. The second kappa shape index (κ2) is 9.37. The molecule has 1 aliphatic heterocycles. The molecule has 8 heteroatoms. The molecule has 2 N–H and O–H groups in total. The van der Waals surface area contributed by atoms with Crippen LogP contribution in [0.5, 0.6) is 0 Å². The minimum Gasteiger partial charge on any atom is -0.350 e. The highest BCUT2D eigenvalue weighted by atomic mass is 32.1. The molecule has 0 aliphatic carbocycles. The smallest absolute Gasteiger partial charge is 0.261 e. The Kier molecular flexibility index (Phi) is 6.85. The van der Waals surface area contributed by atoms with Gasteiger partial charge in [0.25, 0.3) is 5.91 Å². The van der Waals surface area contributed by atoms with Crippen molar-refractivity contribution in [2.45, 2.75) is 38.0 Å². The van der Waals surface area contributed by atoms with Crippen molar-refractivity contribution in [2.75, 3.05) is 19.6 Å². The van der Waals surface area contributed by atoms with Crippen molar-refractivity contribution in [1.82, 2.24) is 15.5 Å². The third-order valence-corrected chi connectivity index (χ3v) is 6.15. The molecule has 0 saturated carbocycles. The minimum absolute atomic E-state index is 0.0229. The number of rotatable bonds is 7. The predicted molar refractivity (Wildman–Crippen MR) is 115 cm³/mol. The van der Waals surface area contributed by atoms with Crippen molar-refractivity contribution < 1.29 is 14.0 Å². The zero-order valence-electron chi connectivity index (χ0n) is 17.0. The van der Waals surface area contributed by atoms with Crippen molar-refractivity contribution in [3.63, 3.8) is 0 Å². The van der Waals surface area contributed by atoms with E-state index in [0.717, 1.165) is 10.4 Å². The molecule has 0 radical (unpaired) electrons. The van der Waals surface area contributed by atoms with Crippen LogP contribution in [0.3, 0.4) is 0 Å². The average molecular weight is 429 g/mol. The van der Waals surface area contributed by atoms with Crippen LogP contribution in [-0.2, 0) is 4.79 Å². The quantitative estimate of drug-likeness (QED) is 0.710. The molecule has 1 fully saturated rings. The van der Waals surface area contributed by atoms with Crippen LogP contribution in [0.25, 0.3) is 10.4 Å². The highest BCUT2D eigenvalue weighted by molar-refractivity contribution is 7.17. The van der Waals surface area contributed by atoms with Gasteiger partial charge in [-0.2, -0.15) is 5.26 Å². The fourth-order valence-electron chi connectivity index (χ4n) is 3.27. The molecule has 0 bridgehead atoms. The number of nitrogens with one attached hydrogen (secondary N) is 2. The first kappa shape index (κ1) is 21.9. The maximum absolute atomic E-state index is 13.5. The number of hydrogen-bond donors (Lipinski definition) is 2. The minimum atomic E-state index is -1.16. The first-order valence-electron chi connectivity index (χ1n) is 9.81. The molecule has 2 aromatic rings. The maximum atomic E-state index is 13.5. The van der Waals surface area contributed by atoms with Gasteiger partial charge in [-0.15, -0.1) is 11.3 Å². The summed E-state index contributed by atoms with van der Waals surface area (Å²) < 4.78 is 13.5. The number of likely N-dealkylation sites (tertiary alicyclic amines) is 1. The lowest BCUT2D eigenvalue weighted by molar-refractivity contribution is -0.130. The number of nitriles is 1. The van der Waals surface area contributed by atoms with E-state index < -0.39 is 17.8 Å². The van der Waals surface area contributed by atoms with E-state index in [2.05, 4.69) is 10.6 Å². The summed E-state index contributed by atoms with van der Waals surface area (Å²) in [6, 6.07) is 14.9. The molecular weight excluding hydrogens is 403 g/mol. The van der Waals surface area contributed by atoms with Crippen LogP contribution in [0.2, 0.25) is 0 Å². The summed E-state index contributed by atoms with van der Waals surface area (Å²) in [6.45, 7) is 3.98. The number of benzene rings is 1. The van der Waals surface area contributed by atoms with Crippen molar-refractivity contribution >= 4 is 23.2 Å². The van der Waals surface area contributed by atoms with Crippen LogP contribution in [0.1, 0.15) is 29.9 Å². The number of amides is 2. The Bertz CT molecular complexity index is 938. The Morgan fingerprint density at radius 2 is 2.00 bits per heavy atom. The first-order chi connectivity index (χ1) is 14.3. The fraction of sp³-hybridized carbons (Fsp3) is 0.409. The lowest BCUT2D eigenvalue weighted by Crippen LogP contribution is -2.52. The Morgan fingerprint density at radius 3 is 2.70 bits per heavy atom. The van der Waals surface area contributed by atoms with Crippen molar-refractivity contribution in [1.29, 1.82) is 5.26 Å². The molecule has 3 rings (SSSR count). The van der Waals surface area contributed by atoms with Gasteiger partial charge in [0.05, 0.1) is 24.0 Å². The number of halogens is 1.